The zero-order valence-corrected chi connectivity index (χ0v) is 18.4. The van der Waals surface area contributed by atoms with E-state index < -0.39 is 12.1 Å². The van der Waals surface area contributed by atoms with Crippen LogP contribution in [-0.2, 0) is 11.2 Å². The number of primary amides is 1. The molecule has 2 aromatic rings. The van der Waals surface area contributed by atoms with E-state index in [-0.39, 0.29) is 17.1 Å². The molecule has 3 amide bonds. The van der Waals surface area contributed by atoms with Crippen molar-refractivity contribution in [3.63, 3.8) is 0 Å². The molecule has 1 atom stereocenters. The van der Waals surface area contributed by atoms with Crippen molar-refractivity contribution in [3.05, 3.63) is 58.9 Å². The normalized spacial score (nSPS) is 16.5. The summed E-state index contributed by atoms with van der Waals surface area (Å²) in [5, 5.41) is 2.87. The molecular weight excluding hydrogens is 421 g/mol. The minimum absolute atomic E-state index is 0.0491. The number of benzene rings is 2. The molecular formula is C23H27ClFN3O3. The summed E-state index contributed by atoms with van der Waals surface area (Å²) in [4.78, 5) is 26.0. The predicted molar refractivity (Wildman–Crippen MR) is 119 cm³/mol. The fourth-order valence-electron chi connectivity index (χ4n) is 3.87. The van der Waals surface area contributed by atoms with Crippen LogP contribution in [0.3, 0.4) is 0 Å². The van der Waals surface area contributed by atoms with E-state index in [1.807, 2.05) is 12.1 Å². The Labute approximate surface area is 186 Å². The molecule has 6 nitrogen and oxygen atoms in total. The molecule has 0 aromatic heterocycles. The third-order valence-electron chi connectivity index (χ3n) is 5.68. The Morgan fingerprint density at radius 3 is 2.48 bits per heavy atom. The second-order valence-electron chi connectivity index (χ2n) is 8.33. The number of likely N-dealkylation sites (tertiary alicyclic amines) is 1. The lowest BCUT2D eigenvalue weighted by molar-refractivity contribution is -0.140. The molecule has 0 spiro atoms. The lowest BCUT2D eigenvalue weighted by Gasteiger charge is -2.40. The summed E-state index contributed by atoms with van der Waals surface area (Å²) in [7, 11) is 0. The first-order chi connectivity index (χ1) is 14.6. The first-order valence-electron chi connectivity index (χ1n) is 10.2. The highest BCUT2D eigenvalue weighted by Gasteiger charge is 2.34. The van der Waals surface area contributed by atoms with Gasteiger partial charge in [-0.1, -0.05) is 30.7 Å². The number of urea groups is 1. The smallest absolute Gasteiger partial charge is 0.316 e. The Bertz CT molecular complexity index is 944. The van der Waals surface area contributed by atoms with Gasteiger partial charge in [-0.2, -0.15) is 0 Å². The highest BCUT2D eigenvalue weighted by atomic mass is 35.5. The van der Waals surface area contributed by atoms with Crippen molar-refractivity contribution in [1.29, 1.82) is 0 Å². The average Bonchev–Trinajstić information content (AvgIpc) is 2.71. The average molecular weight is 448 g/mol. The number of nitrogens with one attached hydrogen (secondary N) is 1. The number of rotatable bonds is 6. The number of anilines is 1. The number of halogens is 2. The summed E-state index contributed by atoms with van der Waals surface area (Å²) in [6, 6.07) is 10.6. The molecule has 3 N–H and O–H groups in total. The minimum Gasteiger partial charge on any atom is -0.479 e. The molecule has 3 rings (SSSR count). The molecule has 1 saturated heterocycles. The van der Waals surface area contributed by atoms with E-state index in [4.69, 9.17) is 22.1 Å². The van der Waals surface area contributed by atoms with Crippen LogP contribution in [0.15, 0.2) is 42.5 Å². The maximum absolute atomic E-state index is 13.2. The maximum Gasteiger partial charge on any atom is 0.316 e. The van der Waals surface area contributed by atoms with Crippen LogP contribution < -0.4 is 15.8 Å². The van der Waals surface area contributed by atoms with Gasteiger partial charge in [0.2, 0.25) is 0 Å². The highest BCUT2D eigenvalue weighted by Crippen LogP contribution is 2.35. The van der Waals surface area contributed by atoms with Crippen molar-refractivity contribution in [2.45, 2.75) is 39.2 Å². The number of hydrogen-bond donors (Lipinski definition) is 2. The molecule has 166 valence electrons. The van der Waals surface area contributed by atoms with E-state index in [2.05, 4.69) is 12.2 Å². The molecule has 1 aliphatic heterocycles. The fraction of sp³-hybridized carbons (Fsp3) is 0.391. The minimum atomic E-state index is -0.748. The van der Waals surface area contributed by atoms with Crippen LogP contribution in [0.2, 0.25) is 5.02 Å². The van der Waals surface area contributed by atoms with Crippen molar-refractivity contribution in [1.82, 2.24) is 4.90 Å². The molecule has 8 heteroatoms. The van der Waals surface area contributed by atoms with Crippen LogP contribution >= 0.6 is 11.6 Å². The summed E-state index contributed by atoms with van der Waals surface area (Å²) in [6.07, 6.45) is 1.79. The van der Waals surface area contributed by atoms with Gasteiger partial charge in [-0.05, 0) is 67.5 Å². The zero-order chi connectivity index (χ0) is 22.6. The standard InChI is InChI=1S/C23H27ClFN3O3/c1-15(31-20-8-5-17(24)13-19(20)27-22(26)30)21(29)28-11-9-23(2,10-12-28)14-16-3-6-18(25)7-4-16/h3-8,13,15H,9-12,14H2,1-2H3,(H3,26,27,30). The number of carbonyl (C=O) groups is 2. The number of nitrogens with zero attached hydrogens (tertiary/aromatic N) is 1. The topological polar surface area (TPSA) is 84.7 Å². The van der Waals surface area contributed by atoms with Crippen molar-refractivity contribution in [3.8, 4) is 5.75 Å². The van der Waals surface area contributed by atoms with Gasteiger partial charge in [-0.25, -0.2) is 9.18 Å². The SMILES string of the molecule is CC(Oc1ccc(Cl)cc1NC(N)=O)C(=O)N1CCC(C)(Cc2ccc(F)cc2)CC1. The summed E-state index contributed by atoms with van der Waals surface area (Å²) < 4.78 is 19.0. The van der Waals surface area contributed by atoms with E-state index in [1.165, 1.54) is 18.2 Å². The highest BCUT2D eigenvalue weighted by molar-refractivity contribution is 6.31. The van der Waals surface area contributed by atoms with E-state index in [1.54, 1.807) is 24.0 Å². The second-order valence-corrected chi connectivity index (χ2v) is 8.77. The lowest BCUT2D eigenvalue weighted by atomic mass is 9.75. The molecule has 31 heavy (non-hydrogen) atoms. The van der Waals surface area contributed by atoms with Crippen LogP contribution in [-0.4, -0.2) is 36.0 Å². The third-order valence-corrected chi connectivity index (χ3v) is 5.91. The van der Waals surface area contributed by atoms with Crippen molar-refractivity contribution < 1.29 is 18.7 Å². The predicted octanol–water partition coefficient (Wildman–Crippen LogP) is 4.61. The number of nitrogens with two attached hydrogens (primary N) is 1. The van der Waals surface area contributed by atoms with Crippen LogP contribution in [0.1, 0.15) is 32.3 Å². The van der Waals surface area contributed by atoms with Crippen molar-refractivity contribution in [2.24, 2.45) is 11.1 Å². The molecule has 0 saturated carbocycles. The summed E-state index contributed by atoms with van der Waals surface area (Å²) >= 11 is 5.97. The number of hydrogen-bond acceptors (Lipinski definition) is 3. The number of carbonyl (C=O) groups excluding carboxylic acids is 2. The van der Waals surface area contributed by atoms with Crippen LogP contribution in [0.5, 0.6) is 5.75 Å². The molecule has 0 aliphatic carbocycles. The van der Waals surface area contributed by atoms with Gasteiger partial charge in [0, 0.05) is 18.1 Å². The fourth-order valence-corrected chi connectivity index (χ4v) is 4.04. The number of ether oxygens (including phenoxy) is 1. The lowest BCUT2D eigenvalue weighted by Crippen LogP contribution is -2.47. The van der Waals surface area contributed by atoms with Crippen molar-refractivity contribution in [2.75, 3.05) is 18.4 Å². The summed E-state index contributed by atoms with van der Waals surface area (Å²) in [6.45, 7) is 5.12. The third kappa shape index (κ3) is 6.10. The molecule has 0 radical (unpaired) electrons. The van der Waals surface area contributed by atoms with Gasteiger partial charge in [-0.3, -0.25) is 4.79 Å². The quantitative estimate of drug-likeness (QED) is 0.678. The Morgan fingerprint density at radius 2 is 1.87 bits per heavy atom. The number of amides is 3. The van der Waals surface area contributed by atoms with Gasteiger partial charge >= 0.3 is 6.03 Å². The summed E-state index contributed by atoms with van der Waals surface area (Å²) in [5.41, 5.74) is 6.65. The van der Waals surface area contributed by atoms with E-state index >= 15 is 0 Å². The van der Waals surface area contributed by atoms with Gasteiger partial charge in [0.15, 0.2) is 6.10 Å². The van der Waals surface area contributed by atoms with Gasteiger partial charge in [0.1, 0.15) is 11.6 Å². The number of piperidine rings is 1. The zero-order valence-electron chi connectivity index (χ0n) is 17.7. The van der Waals surface area contributed by atoms with E-state index in [9.17, 15) is 14.0 Å². The largest absolute Gasteiger partial charge is 0.479 e. The Kier molecular flexibility index (Phi) is 7.05. The van der Waals surface area contributed by atoms with E-state index in [0.717, 1.165) is 24.8 Å². The Morgan fingerprint density at radius 1 is 1.23 bits per heavy atom. The van der Waals surface area contributed by atoms with E-state index in [0.29, 0.717) is 29.5 Å². The molecule has 0 bridgehead atoms. The van der Waals surface area contributed by atoms with Gasteiger partial charge in [-0.15, -0.1) is 0 Å². The first-order valence-corrected chi connectivity index (χ1v) is 10.6. The van der Waals surface area contributed by atoms with Crippen LogP contribution in [0.4, 0.5) is 14.9 Å². The first kappa shape index (κ1) is 22.9. The molecule has 1 fully saturated rings. The van der Waals surface area contributed by atoms with Crippen molar-refractivity contribution >= 4 is 29.2 Å². The van der Waals surface area contributed by atoms with Gasteiger partial charge in [0.25, 0.3) is 5.91 Å². The van der Waals surface area contributed by atoms with Crippen LogP contribution in [0, 0.1) is 11.2 Å². The molecule has 1 aliphatic rings. The van der Waals surface area contributed by atoms with Gasteiger partial charge < -0.3 is 20.7 Å². The monoisotopic (exact) mass is 447 g/mol. The Hall–Kier alpha value is -2.80. The summed E-state index contributed by atoms with van der Waals surface area (Å²) in [5.74, 6) is -0.0378. The molecule has 1 unspecified atom stereocenters. The second kappa shape index (κ2) is 9.56. The van der Waals surface area contributed by atoms with Crippen LogP contribution in [0.25, 0.3) is 0 Å². The Balaban J connectivity index is 1.59. The maximum atomic E-state index is 13.2. The molecule has 2 aromatic carbocycles. The van der Waals surface area contributed by atoms with Gasteiger partial charge in [0.05, 0.1) is 5.69 Å². The molecule has 1 heterocycles.